The van der Waals surface area contributed by atoms with Crippen molar-refractivity contribution < 1.29 is 14.3 Å². The van der Waals surface area contributed by atoms with E-state index in [4.69, 9.17) is 9.15 Å². The van der Waals surface area contributed by atoms with Gasteiger partial charge in [-0.2, -0.15) is 0 Å². The van der Waals surface area contributed by atoms with E-state index in [9.17, 15) is 5.11 Å². The lowest BCUT2D eigenvalue weighted by Gasteiger charge is -2.10. The molecule has 1 aromatic carbocycles. The lowest BCUT2D eigenvalue weighted by Crippen LogP contribution is -2.10. The van der Waals surface area contributed by atoms with Crippen molar-refractivity contribution in [2.24, 2.45) is 5.92 Å². The Kier molecular flexibility index (Phi) is 3.82. The zero-order valence-electron chi connectivity index (χ0n) is 10.2. The van der Waals surface area contributed by atoms with E-state index < -0.39 is 6.10 Å². The molecule has 1 unspecified atom stereocenters. The first-order valence-electron chi connectivity index (χ1n) is 5.91. The topological polar surface area (TPSA) is 42.6 Å². The largest absolute Gasteiger partial charge is 0.458 e. The van der Waals surface area contributed by atoms with Crippen molar-refractivity contribution in [3.05, 3.63) is 36.1 Å². The zero-order chi connectivity index (χ0) is 12.3. The third-order valence-electron chi connectivity index (χ3n) is 2.50. The summed E-state index contributed by atoms with van der Waals surface area (Å²) in [4.78, 5) is 0. The van der Waals surface area contributed by atoms with Gasteiger partial charge in [0, 0.05) is 12.0 Å². The number of rotatable bonds is 5. The summed E-state index contributed by atoms with van der Waals surface area (Å²) in [5.74, 6) is 1.04. The maximum atomic E-state index is 9.92. The van der Waals surface area contributed by atoms with Crippen molar-refractivity contribution in [3.8, 4) is 0 Å². The van der Waals surface area contributed by atoms with E-state index in [1.807, 2.05) is 30.3 Å². The maximum Gasteiger partial charge on any atom is 0.136 e. The zero-order valence-corrected chi connectivity index (χ0v) is 10.2. The Morgan fingerprint density at radius 3 is 2.71 bits per heavy atom. The number of hydrogen-bond donors (Lipinski definition) is 1. The van der Waals surface area contributed by atoms with Crippen LogP contribution in [0.15, 0.2) is 34.7 Å². The first kappa shape index (κ1) is 12.1. The molecule has 2 aromatic rings. The molecule has 0 aliphatic heterocycles. The van der Waals surface area contributed by atoms with Crippen LogP contribution in [0.5, 0.6) is 0 Å². The van der Waals surface area contributed by atoms with Gasteiger partial charge in [0.15, 0.2) is 0 Å². The fraction of sp³-hybridized carbons (Fsp3) is 0.429. The Morgan fingerprint density at radius 2 is 2.00 bits per heavy atom. The summed E-state index contributed by atoms with van der Waals surface area (Å²) < 4.78 is 11.0. The van der Waals surface area contributed by atoms with Crippen LogP contribution in [-0.2, 0) is 4.74 Å². The molecule has 0 fully saturated rings. The standard InChI is InChI=1S/C14H18O3/c1-10(2)8-16-9-12(15)14-7-11-5-3-4-6-13(11)17-14/h3-7,10,12,15H,8-9H2,1-2H3. The van der Waals surface area contributed by atoms with E-state index in [0.29, 0.717) is 18.3 Å². The van der Waals surface area contributed by atoms with Gasteiger partial charge in [0.2, 0.25) is 0 Å². The second kappa shape index (κ2) is 5.34. The van der Waals surface area contributed by atoms with Crippen molar-refractivity contribution in [3.63, 3.8) is 0 Å². The molecule has 3 nitrogen and oxygen atoms in total. The molecule has 1 heterocycles. The molecule has 0 aliphatic rings. The Balaban J connectivity index is 2.01. The normalized spacial score (nSPS) is 13.4. The van der Waals surface area contributed by atoms with Gasteiger partial charge in [-0.1, -0.05) is 32.0 Å². The van der Waals surface area contributed by atoms with Crippen LogP contribution in [0.1, 0.15) is 25.7 Å². The molecule has 0 spiro atoms. The Morgan fingerprint density at radius 1 is 1.24 bits per heavy atom. The van der Waals surface area contributed by atoms with Gasteiger partial charge in [0.05, 0.1) is 6.61 Å². The van der Waals surface area contributed by atoms with Gasteiger partial charge in [-0.3, -0.25) is 0 Å². The van der Waals surface area contributed by atoms with Crippen LogP contribution in [0, 0.1) is 5.92 Å². The van der Waals surface area contributed by atoms with Gasteiger partial charge in [0.1, 0.15) is 17.4 Å². The molecule has 92 valence electrons. The monoisotopic (exact) mass is 234 g/mol. The molecule has 0 saturated carbocycles. The highest BCUT2D eigenvalue weighted by Crippen LogP contribution is 2.23. The van der Waals surface area contributed by atoms with E-state index in [2.05, 4.69) is 13.8 Å². The third-order valence-corrected chi connectivity index (χ3v) is 2.50. The van der Waals surface area contributed by atoms with Gasteiger partial charge in [-0.15, -0.1) is 0 Å². The maximum absolute atomic E-state index is 9.92. The summed E-state index contributed by atoms with van der Waals surface area (Å²) in [5.41, 5.74) is 0.797. The molecule has 1 atom stereocenters. The van der Waals surface area contributed by atoms with Crippen molar-refractivity contribution in [2.45, 2.75) is 20.0 Å². The number of fused-ring (bicyclic) bond motifs is 1. The number of ether oxygens (including phenoxy) is 1. The van der Waals surface area contributed by atoms with Gasteiger partial charge in [0.25, 0.3) is 0 Å². The molecule has 0 saturated heterocycles. The van der Waals surface area contributed by atoms with Gasteiger partial charge < -0.3 is 14.3 Å². The summed E-state index contributed by atoms with van der Waals surface area (Å²) in [6, 6.07) is 9.57. The van der Waals surface area contributed by atoms with Crippen LogP contribution in [0.3, 0.4) is 0 Å². The van der Waals surface area contributed by atoms with Crippen molar-refractivity contribution >= 4 is 11.0 Å². The number of furan rings is 1. The Bertz CT molecular complexity index is 440. The van der Waals surface area contributed by atoms with Crippen molar-refractivity contribution in [2.75, 3.05) is 13.2 Å². The molecular weight excluding hydrogens is 216 g/mol. The summed E-state index contributed by atoms with van der Waals surface area (Å²) in [7, 11) is 0. The third kappa shape index (κ3) is 3.08. The van der Waals surface area contributed by atoms with Crippen LogP contribution >= 0.6 is 0 Å². The minimum absolute atomic E-state index is 0.276. The van der Waals surface area contributed by atoms with Gasteiger partial charge in [-0.05, 0) is 18.1 Å². The van der Waals surface area contributed by atoms with Crippen LogP contribution in [0.25, 0.3) is 11.0 Å². The number of hydrogen-bond acceptors (Lipinski definition) is 3. The summed E-state index contributed by atoms with van der Waals surface area (Å²) >= 11 is 0. The minimum atomic E-state index is -0.693. The molecule has 0 aliphatic carbocycles. The van der Waals surface area contributed by atoms with E-state index in [1.165, 1.54) is 0 Å². The summed E-state index contributed by atoms with van der Waals surface area (Å²) in [5, 5.41) is 10.9. The lowest BCUT2D eigenvalue weighted by atomic mass is 10.2. The molecular formula is C14H18O3. The second-order valence-corrected chi connectivity index (χ2v) is 4.63. The van der Waals surface area contributed by atoms with E-state index in [-0.39, 0.29) is 6.61 Å². The summed E-state index contributed by atoms with van der Waals surface area (Å²) in [6.07, 6.45) is -0.693. The molecule has 0 bridgehead atoms. The number of aliphatic hydroxyl groups is 1. The molecule has 0 amide bonds. The quantitative estimate of drug-likeness (QED) is 0.864. The Hall–Kier alpha value is -1.32. The minimum Gasteiger partial charge on any atom is -0.458 e. The molecule has 1 N–H and O–H groups in total. The van der Waals surface area contributed by atoms with Crippen molar-refractivity contribution in [1.82, 2.24) is 0 Å². The SMILES string of the molecule is CC(C)COCC(O)c1cc2ccccc2o1. The average molecular weight is 234 g/mol. The number of benzene rings is 1. The van der Waals surface area contributed by atoms with E-state index in [1.54, 1.807) is 0 Å². The van der Waals surface area contributed by atoms with Gasteiger partial charge >= 0.3 is 0 Å². The van der Waals surface area contributed by atoms with Crippen molar-refractivity contribution in [1.29, 1.82) is 0 Å². The van der Waals surface area contributed by atoms with Crippen LogP contribution in [-0.4, -0.2) is 18.3 Å². The van der Waals surface area contributed by atoms with Gasteiger partial charge in [-0.25, -0.2) is 0 Å². The fourth-order valence-electron chi connectivity index (χ4n) is 1.66. The van der Waals surface area contributed by atoms with Crippen LogP contribution in [0.4, 0.5) is 0 Å². The first-order valence-corrected chi connectivity index (χ1v) is 5.91. The predicted molar refractivity (Wildman–Crippen MR) is 66.8 cm³/mol. The number of aliphatic hydroxyl groups excluding tert-OH is 1. The first-order chi connectivity index (χ1) is 8.16. The highest BCUT2D eigenvalue weighted by atomic mass is 16.5. The highest BCUT2D eigenvalue weighted by Gasteiger charge is 2.13. The molecule has 17 heavy (non-hydrogen) atoms. The molecule has 0 radical (unpaired) electrons. The average Bonchev–Trinajstić information content (AvgIpc) is 2.71. The summed E-state index contributed by atoms with van der Waals surface area (Å²) in [6.45, 7) is 5.08. The molecule has 1 aromatic heterocycles. The fourth-order valence-corrected chi connectivity index (χ4v) is 1.66. The van der Waals surface area contributed by atoms with Crippen LogP contribution < -0.4 is 0 Å². The lowest BCUT2D eigenvalue weighted by molar-refractivity contribution is 0.0158. The van der Waals surface area contributed by atoms with E-state index in [0.717, 1.165) is 11.0 Å². The Labute approximate surface area is 101 Å². The smallest absolute Gasteiger partial charge is 0.136 e. The molecule has 2 rings (SSSR count). The predicted octanol–water partition coefficient (Wildman–Crippen LogP) is 3.14. The number of para-hydroxylation sites is 1. The second-order valence-electron chi connectivity index (χ2n) is 4.63. The highest BCUT2D eigenvalue weighted by molar-refractivity contribution is 5.77. The molecule has 3 heteroatoms. The van der Waals surface area contributed by atoms with Crippen LogP contribution in [0.2, 0.25) is 0 Å². The van der Waals surface area contributed by atoms with E-state index >= 15 is 0 Å².